The second-order valence-corrected chi connectivity index (χ2v) is 5.21. The van der Waals surface area contributed by atoms with Crippen molar-refractivity contribution in [3.63, 3.8) is 0 Å². The predicted octanol–water partition coefficient (Wildman–Crippen LogP) is -0.953. The van der Waals surface area contributed by atoms with E-state index in [1.807, 2.05) is 6.92 Å². The second kappa shape index (κ2) is 3.63. The Balaban J connectivity index is 2.17. The number of carbonyl (C=O) groups is 1. The fourth-order valence-electron chi connectivity index (χ4n) is 1.14. The van der Waals surface area contributed by atoms with E-state index < -0.39 is 10.0 Å². The van der Waals surface area contributed by atoms with Crippen LogP contribution >= 0.6 is 0 Å². The van der Waals surface area contributed by atoms with Crippen molar-refractivity contribution in [3.05, 3.63) is 0 Å². The third-order valence-corrected chi connectivity index (χ3v) is 2.91. The second-order valence-electron chi connectivity index (χ2n) is 3.48. The van der Waals surface area contributed by atoms with Gasteiger partial charge in [-0.2, -0.15) is 0 Å². The third kappa shape index (κ3) is 3.73. The molecule has 0 spiro atoms. The highest BCUT2D eigenvalue weighted by Crippen LogP contribution is 2.37. The van der Waals surface area contributed by atoms with E-state index in [0.29, 0.717) is 5.92 Å². The molecule has 1 fully saturated rings. The van der Waals surface area contributed by atoms with Crippen molar-refractivity contribution < 1.29 is 13.2 Å². The maximum Gasteiger partial charge on any atom is 0.223 e. The van der Waals surface area contributed by atoms with Gasteiger partial charge in [-0.05, 0) is 12.3 Å². The Morgan fingerprint density at radius 3 is 2.54 bits per heavy atom. The van der Waals surface area contributed by atoms with Gasteiger partial charge in [0.2, 0.25) is 15.9 Å². The lowest BCUT2D eigenvalue weighted by molar-refractivity contribution is -0.122. The fourth-order valence-corrected chi connectivity index (χ4v) is 1.52. The Kier molecular flexibility index (Phi) is 2.92. The molecule has 0 aromatic carbocycles. The number of rotatable bonds is 4. The first-order valence-electron chi connectivity index (χ1n) is 4.18. The summed E-state index contributed by atoms with van der Waals surface area (Å²) in [4.78, 5) is 11.2. The zero-order valence-electron chi connectivity index (χ0n) is 7.49. The third-order valence-electron chi connectivity index (χ3n) is 2.13. The molecule has 6 heteroatoms. The summed E-state index contributed by atoms with van der Waals surface area (Å²) in [5.41, 5.74) is 0. The molecule has 1 saturated carbocycles. The van der Waals surface area contributed by atoms with E-state index in [1.54, 1.807) is 0 Å². The van der Waals surface area contributed by atoms with Gasteiger partial charge in [0.05, 0.1) is 5.75 Å². The van der Waals surface area contributed by atoms with Crippen molar-refractivity contribution in [1.82, 2.24) is 5.32 Å². The first-order chi connectivity index (χ1) is 5.90. The summed E-state index contributed by atoms with van der Waals surface area (Å²) in [5.74, 6) is 0.269. The van der Waals surface area contributed by atoms with E-state index in [-0.39, 0.29) is 24.1 Å². The lowest BCUT2D eigenvalue weighted by atomic mass is 10.3. The highest BCUT2D eigenvalue weighted by molar-refractivity contribution is 7.89. The van der Waals surface area contributed by atoms with Crippen LogP contribution in [0.5, 0.6) is 0 Å². The maximum atomic E-state index is 11.2. The average molecular weight is 206 g/mol. The minimum absolute atomic E-state index is 0.0591. The smallest absolute Gasteiger partial charge is 0.223 e. The van der Waals surface area contributed by atoms with Crippen molar-refractivity contribution in [2.24, 2.45) is 17.0 Å². The van der Waals surface area contributed by atoms with Crippen molar-refractivity contribution in [3.8, 4) is 0 Å². The number of carbonyl (C=O) groups excluding carboxylic acids is 1. The van der Waals surface area contributed by atoms with Crippen molar-refractivity contribution >= 4 is 15.9 Å². The number of hydrogen-bond acceptors (Lipinski definition) is 3. The summed E-state index contributed by atoms with van der Waals surface area (Å²) in [5, 5.41) is 7.30. The van der Waals surface area contributed by atoms with Gasteiger partial charge in [-0.25, -0.2) is 13.6 Å². The summed E-state index contributed by atoms with van der Waals surface area (Å²) in [6, 6.07) is 0. The average Bonchev–Trinajstić information content (AvgIpc) is 2.63. The lowest BCUT2D eigenvalue weighted by Crippen LogP contribution is -2.32. The summed E-state index contributed by atoms with van der Waals surface area (Å²) < 4.78 is 21.0. The summed E-state index contributed by atoms with van der Waals surface area (Å²) >= 11 is 0. The molecule has 13 heavy (non-hydrogen) atoms. The van der Waals surface area contributed by atoms with Crippen LogP contribution in [0.1, 0.15) is 13.3 Å². The SMILES string of the molecule is CC1CC1C(=O)NCCS(N)(=O)=O. The van der Waals surface area contributed by atoms with Crippen LogP contribution in [0.25, 0.3) is 0 Å². The number of nitrogens with two attached hydrogens (primary N) is 1. The molecule has 0 bridgehead atoms. The van der Waals surface area contributed by atoms with E-state index in [2.05, 4.69) is 5.32 Å². The van der Waals surface area contributed by atoms with E-state index in [1.165, 1.54) is 0 Å². The maximum absolute atomic E-state index is 11.2. The summed E-state index contributed by atoms with van der Waals surface area (Å²) in [6.45, 7) is 2.10. The van der Waals surface area contributed by atoms with Gasteiger partial charge in [0.15, 0.2) is 0 Å². The molecule has 76 valence electrons. The van der Waals surface area contributed by atoms with Gasteiger partial charge in [0.1, 0.15) is 0 Å². The van der Waals surface area contributed by atoms with Gasteiger partial charge in [-0.3, -0.25) is 4.79 Å². The van der Waals surface area contributed by atoms with Gasteiger partial charge in [-0.1, -0.05) is 6.92 Å². The van der Waals surface area contributed by atoms with Crippen LogP contribution < -0.4 is 10.5 Å². The molecule has 0 radical (unpaired) electrons. The van der Waals surface area contributed by atoms with E-state index in [0.717, 1.165) is 6.42 Å². The van der Waals surface area contributed by atoms with Crippen LogP contribution in [0.2, 0.25) is 0 Å². The normalized spacial score (nSPS) is 26.9. The predicted molar refractivity (Wildman–Crippen MR) is 48.3 cm³/mol. The van der Waals surface area contributed by atoms with Crippen molar-refractivity contribution in [2.75, 3.05) is 12.3 Å². The van der Waals surface area contributed by atoms with Gasteiger partial charge in [0.25, 0.3) is 0 Å². The molecule has 2 atom stereocenters. The molecule has 1 amide bonds. The minimum Gasteiger partial charge on any atom is -0.355 e. The van der Waals surface area contributed by atoms with E-state index in [9.17, 15) is 13.2 Å². The van der Waals surface area contributed by atoms with Crippen LogP contribution in [0.4, 0.5) is 0 Å². The molecule has 1 rings (SSSR count). The molecule has 0 saturated heterocycles. The molecule has 1 aliphatic rings. The number of primary sulfonamides is 1. The topological polar surface area (TPSA) is 89.3 Å². The number of sulfonamides is 1. The Morgan fingerprint density at radius 1 is 1.62 bits per heavy atom. The molecule has 3 N–H and O–H groups in total. The Morgan fingerprint density at radius 2 is 2.15 bits per heavy atom. The number of amides is 1. The van der Waals surface area contributed by atoms with Crippen molar-refractivity contribution in [1.29, 1.82) is 0 Å². The van der Waals surface area contributed by atoms with Crippen LogP contribution in [0.15, 0.2) is 0 Å². The molecule has 1 aliphatic carbocycles. The summed E-state index contributed by atoms with van der Waals surface area (Å²) in [6.07, 6.45) is 0.904. The first-order valence-corrected chi connectivity index (χ1v) is 5.90. The zero-order chi connectivity index (χ0) is 10.1. The quantitative estimate of drug-likeness (QED) is 0.621. The Hall–Kier alpha value is -0.620. The van der Waals surface area contributed by atoms with E-state index in [4.69, 9.17) is 5.14 Å². The molecule has 5 nitrogen and oxygen atoms in total. The van der Waals surface area contributed by atoms with Crippen LogP contribution in [-0.4, -0.2) is 26.6 Å². The monoisotopic (exact) mass is 206 g/mol. The molecule has 2 unspecified atom stereocenters. The highest BCUT2D eigenvalue weighted by Gasteiger charge is 2.38. The molecular formula is C7H14N2O3S. The number of nitrogens with one attached hydrogen (secondary N) is 1. The molecular weight excluding hydrogens is 192 g/mol. The van der Waals surface area contributed by atoms with Gasteiger partial charge in [-0.15, -0.1) is 0 Å². The largest absolute Gasteiger partial charge is 0.355 e. The Labute approximate surface area is 77.7 Å². The lowest BCUT2D eigenvalue weighted by Gasteiger charge is -2.02. The molecule has 0 aliphatic heterocycles. The Bertz CT molecular complexity index is 299. The van der Waals surface area contributed by atoms with Crippen LogP contribution in [0.3, 0.4) is 0 Å². The van der Waals surface area contributed by atoms with E-state index >= 15 is 0 Å². The summed E-state index contributed by atoms with van der Waals surface area (Å²) in [7, 11) is -3.45. The van der Waals surface area contributed by atoms with Crippen molar-refractivity contribution in [2.45, 2.75) is 13.3 Å². The first kappa shape index (κ1) is 10.5. The molecule has 0 heterocycles. The van der Waals surface area contributed by atoms with Crippen LogP contribution in [0, 0.1) is 11.8 Å². The van der Waals surface area contributed by atoms with Crippen LogP contribution in [-0.2, 0) is 14.8 Å². The van der Waals surface area contributed by atoms with Gasteiger partial charge >= 0.3 is 0 Å². The molecule has 0 aromatic rings. The van der Waals surface area contributed by atoms with Gasteiger partial charge in [0, 0.05) is 12.5 Å². The zero-order valence-corrected chi connectivity index (χ0v) is 8.30. The van der Waals surface area contributed by atoms with Gasteiger partial charge < -0.3 is 5.32 Å². The standard InChI is InChI=1S/C7H14N2O3S/c1-5-4-6(5)7(10)9-2-3-13(8,11)12/h5-6H,2-4H2,1H3,(H,9,10)(H2,8,11,12). The fraction of sp³-hybridized carbons (Fsp3) is 0.857. The minimum atomic E-state index is -3.45. The highest BCUT2D eigenvalue weighted by atomic mass is 32.2. The molecule has 0 aromatic heterocycles. The number of hydrogen-bond donors (Lipinski definition) is 2.